The molecular formula is C9H10N2O2S. The summed E-state index contributed by atoms with van der Waals surface area (Å²) in [4.78, 5) is 5.13. The maximum Gasteiger partial charge on any atom is 0.267 e. The van der Waals surface area contributed by atoms with Crippen molar-refractivity contribution < 1.29 is 9.63 Å². The van der Waals surface area contributed by atoms with Gasteiger partial charge >= 0.3 is 0 Å². The van der Waals surface area contributed by atoms with Crippen LogP contribution in [-0.2, 0) is 6.42 Å². The lowest BCUT2D eigenvalue weighted by molar-refractivity contribution is 0.293. The van der Waals surface area contributed by atoms with Crippen LogP contribution >= 0.6 is 11.3 Å². The molecule has 0 amide bonds. The van der Waals surface area contributed by atoms with Crippen molar-refractivity contribution in [2.75, 3.05) is 6.61 Å². The van der Waals surface area contributed by atoms with Gasteiger partial charge in [-0.05, 0) is 23.9 Å². The first-order valence-corrected chi connectivity index (χ1v) is 5.16. The molecule has 0 bridgehead atoms. The summed E-state index contributed by atoms with van der Waals surface area (Å²) in [5.74, 6) is 1.08. The fourth-order valence-electron chi connectivity index (χ4n) is 1.10. The predicted octanol–water partition coefficient (Wildman–Crippen LogP) is 1.64. The molecule has 0 aliphatic carbocycles. The summed E-state index contributed by atoms with van der Waals surface area (Å²) in [6.45, 7) is 2.06. The van der Waals surface area contributed by atoms with Gasteiger partial charge in [0.25, 0.3) is 5.89 Å². The predicted molar refractivity (Wildman–Crippen MR) is 53.1 cm³/mol. The van der Waals surface area contributed by atoms with Gasteiger partial charge in [0.15, 0.2) is 5.82 Å². The Bertz CT molecular complexity index is 422. The highest BCUT2D eigenvalue weighted by atomic mass is 32.1. The van der Waals surface area contributed by atoms with Gasteiger partial charge in [0.2, 0.25) is 0 Å². The molecule has 2 aromatic rings. The van der Waals surface area contributed by atoms with E-state index in [2.05, 4.69) is 10.1 Å². The highest BCUT2D eigenvalue weighted by Gasteiger charge is 2.09. The summed E-state index contributed by atoms with van der Waals surface area (Å²) in [6.07, 6.45) is 0.438. The van der Waals surface area contributed by atoms with E-state index >= 15 is 0 Å². The maximum absolute atomic E-state index is 8.68. The van der Waals surface area contributed by atoms with E-state index in [-0.39, 0.29) is 6.61 Å². The Labute approximate surface area is 85.2 Å². The Morgan fingerprint density at radius 2 is 2.43 bits per heavy atom. The molecule has 0 radical (unpaired) electrons. The summed E-state index contributed by atoms with van der Waals surface area (Å²) < 4.78 is 5.05. The third-order valence-electron chi connectivity index (χ3n) is 1.74. The van der Waals surface area contributed by atoms with Gasteiger partial charge in [-0.15, -0.1) is 11.3 Å². The lowest BCUT2D eigenvalue weighted by atomic mass is 10.3. The zero-order chi connectivity index (χ0) is 9.97. The highest BCUT2D eigenvalue weighted by molar-refractivity contribution is 7.13. The van der Waals surface area contributed by atoms with Crippen LogP contribution in [0.25, 0.3) is 10.8 Å². The molecule has 2 heterocycles. The Morgan fingerprint density at radius 1 is 1.57 bits per heavy atom. The van der Waals surface area contributed by atoms with Crippen LogP contribution < -0.4 is 0 Å². The number of rotatable bonds is 3. The number of nitrogens with zero attached hydrogens (tertiary/aromatic N) is 2. The summed E-state index contributed by atoms with van der Waals surface area (Å²) in [6, 6.07) is 2.00. The van der Waals surface area contributed by atoms with Crippen molar-refractivity contribution in [3.05, 3.63) is 22.8 Å². The molecule has 14 heavy (non-hydrogen) atoms. The highest BCUT2D eigenvalue weighted by Crippen LogP contribution is 2.25. The molecule has 4 nitrogen and oxygen atoms in total. The van der Waals surface area contributed by atoms with E-state index in [1.54, 1.807) is 11.3 Å². The molecule has 0 unspecified atom stereocenters. The molecule has 0 fully saturated rings. The van der Waals surface area contributed by atoms with Crippen molar-refractivity contribution in [1.82, 2.24) is 10.1 Å². The van der Waals surface area contributed by atoms with E-state index in [0.29, 0.717) is 18.1 Å². The molecule has 2 aromatic heterocycles. The van der Waals surface area contributed by atoms with Gasteiger partial charge in [-0.2, -0.15) is 4.98 Å². The summed E-state index contributed by atoms with van der Waals surface area (Å²) in [5, 5.41) is 14.5. The molecule has 0 saturated carbocycles. The van der Waals surface area contributed by atoms with Gasteiger partial charge in [0.05, 0.1) is 11.5 Å². The largest absolute Gasteiger partial charge is 0.396 e. The Hall–Kier alpha value is -1.20. The summed E-state index contributed by atoms with van der Waals surface area (Å²) in [7, 11) is 0. The van der Waals surface area contributed by atoms with Crippen molar-refractivity contribution in [3.8, 4) is 10.8 Å². The van der Waals surface area contributed by atoms with E-state index in [4.69, 9.17) is 9.63 Å². The fraction of sp³-hybridized carbons (Fsp3) is 0.333. The molecular weight excluding hydrogens is 200 g/mol. The van der Waals surface area contributed by atoms with E-state index in [0.717, 1.165) is 4.88 Å². The third kappa shape index (κ3) is 1.83. The van der Waals surface area contributed by atoms with Crippen LogP contribution in [0.5, 0.6) is 0 Å². The van der Waals surface area contributed by atoms with E-state index < -0.39 is 0 Å². The van der Waals surface area contributed by atoms with Crippen molar-refractivity contribution >= 4 is 11.3 Å². The monoisotopic (exact) mass is 210 g/mol. The number of hydrogen-bond donors (Lipinski definition) is 1. The first kappa shape index (κ1) is 9.36. The van der Waals surface area contributed by atoms with Crippen LogP contribution in [-0.4, -0.2) is 21.9 Å². The maximum atomic E-state index is 8.68. The number of thiophene rings is 1. The lowest BCUT2D eigenvalue weighted by Gasteiger charge is -1.84. The van der Waals surface area contributed by atoms with Gasteiger partial charge in [0, 0.05) is 6.42 Å². The molecule has 0 spiro atoms. The summed E-state index contributed by atoms with van der Waals surface area (Å²) >= 11 is 1.58. The number of aliphatic hydroxyl groups excluding tert-OH is 1. The second-order valence-corrected chi connectivity index (χ2v) is 3.89. The molecule has 1 N–H and O–H groups in total. The molecule has 0 aliphatic rings. The lowest BCUT2D eigenvalue weighted by Crippen LogP contribution is -1.92. The Kier molecular flexibility index (Phi) is 2.60. The number of aryl methyl sites for hydroxylation is 1. The minimum Gasteiger partial charge on any atom is -0.396 e. The van der Waals surface area contributed by atoms with Crippen molar-refractivity contribution in [2.24, 2.45) is 0 Å². The van der Waals surface area contributed by atoms with Crippen LogP contribution in [0.2, 0.25) is 0 Å². The number of aliphatic hydroxyl groups is 1. The SMILES string of the molecule is Cc1csc(-c2nc(CCO)no2)c1. The topological polar surface area (TPSA) is 59.2 Å². The molecule has 0 atom stereocenters. The van der Waals surface area contributed by atoms with Crippen LogP contribution in [0, 0.1) is 6.92 Å². The van der Waals surface area contributed by atoms with Crippen molar-refractivity contribution in [1.29, 1.82) is 0 Å². The Balaban J connectivity index is 2.24. The minimum atomic E-state index is 0.0441. The first-order chi connectivity index (χ1) is 6.79. The zero-order valence-electron chi connectivity index (χ0n) is 7.73. The van der Waals surface area contributed by atoms with Crippen LogP contribution in [0.15, 0.2) is 16.0 Å². The number of aromatic nitrogens is 2. The average Bonchev–Trinajstić information content (AvgIpc) is 2.74. The Morgan fingerprint density at radius 3 is 3.07 bits per heavy atom. The first-order valence-electron chi connectivity index (χ1n) is 4.28. The zero-order valence-corrected chi connectivity index (χ0v) is 8.54. The normalized spacial score (nSPS) is 10.7. The summed E-state index contributed by atoms with van der Waals surface area (Å²) in [5.41, 5.74) is 1.19. The molecule has 2 rings (SSSR count). The fourth-order valence-corrected chi connectivity index (χ4v) is 1.92. The van der Waals surface area contributed by atoms with E-state index in [9.17, 15) is 0 Å². The van der Waals surface area contributed by atoms with Crippen molar-refractivity contribution in [2.45, 2.75) is 13.3 Å². The quantitative estimate of drug-likeness (QED) is 0.836. The van der Waals surface area contributed by atoms with E-state index in [1.165, 1.54) is 5.56 Å². The third-order valence-corrected chi connectivity index (χ3v) is 2.78. The van der Waals surface area contributed by atoms with Gasteiger partial charge < -0.3 is 9.63 Å². The second-order valence-electron chi connectivity index (χ2n) is 2.98. The molecule has 74 valence electrons. The molecule has 0 saturated heterocycles. The van der Waals surface area contributed by atoms with Crippen molar-refractivity contribution in [3.63, 3.8) is 0 Å². The molecule has 5 heteroatoms. The average molecular weight is 210 g/mol. The number of hydrogen-bond acceptors (Lipinski definition) is 5. The van der Waals surface area contributed by atoms with Gasteiger partial charge in [-0.1, -0.05) is 5.16 Å². The minimum absolute atomic E-state index is 0.0441. The standard InChI is InChI=1S/C9H10N2O2S/c1-6-4-7(14-5-6)9-10-8(2-3-12)11-13-9/h4-5,12H,2-3H2,1H3. The van der Waals surface area contributed by atoms with E-state index in [1.807, 2.05) is 18.4 Å². The molecule has 0 aliphatic heterocycles. The van der Waals surface area contributed by atoms with Gasteiger partial charge in [-0.25, -0.2) is 0 Å². The molecule has 0 aromatic carbocycles. The van der Waals surface area contributed by atoms with Crippen LogP contribution in [0.4, 0.5) is 0 Å². The van der Waals surface area contributed by atoms with Crippen LogP contribution in [0.1, 0.15) is 11.4 Å². The van der Waals surface area contributed by atoms with Crippen LogP contribution in [0.3, 0.4) is 0 Å². The van der Waals surface area contributed by atoms with Gasteiger partial charge in [-0.3, -0.25) is 0 Å². The second kappa shape index (κ2) is 3.89. The smallest absolute Gasteiger partial charge is 0.267 e. The van der Waals surface area contributed by atoms with Gasteiger partial charge in [0.1, 0.15) is 0 Å².